The van der Waals surface area contributed by atoms with E-state index in [2.05, 4.69) is 159 Å². The van der Waals surface area contributed by atoms with Gasteiger partial charge in [-0.15, -0.1) is 0 Å². The van der Waals surface area contributed by atoms with Crippen molar-refractivity contribution < 1.29 is 9.53 Å². The normalized spacial score (nSPS) is 12.1. The predicted molar refractivity (Wildman–Crippen MR) is 218 cm³/mol. The topological polar surface area (TPSA) is 39.2 Å². The number of benzene rings is 1. The zero-order chi connectivity index (χ0) is 38.1. The third kappa shape index (κ3) is 29.1. The van der Waals surface area contributed by atoms with Crippen LogP contribution in [-0.4, -0.2) is 17.1 Å². The zero-order valence-corrected chi connectivity index (χ0v) is 35.3. The fourth-order valence-electron chi connectivity index (χ4n) is 4.97. The van der Waals surface area contributed by atoms with Gasteiger partial charge in [0.25, 0.3) is 0 Å². The van der Waals surface area contributed by atoms with E-state index in [1.54, 1.807) is 24.5 Å². The molecule has 3 heteroatoms. The smallest absolute Gasteiger partial charge is 0.339 e. The van der Waals surface area contributed by atoms with Crippen molar-refractivity contribution in [2.75, 3.05) is 0 Å². The summed E-state index contributed by atoms with van der Waals surface area (Å²) in [6.07, 6.45) is 13.4. The fourth-order valence-corrected chi connectivity index (χ4v) is 4.97. The Morgan fingerprint density at radius 2 is 1.00 bits per heavy atom. The van der Waals surface area contributed by atoms with Crippen molar-refractivity contribution in [2.24, 2.45) is 41.4 Å². The van der Waals surface area contributed by atoms with Crippen LogP contribution in [0.4, 0.5) is 0 Å². The van der Waals surface area contributed by atoms with Gasteiger partial charge < -0.3 is 4.74 Å². The number of hydrogen-bond acceptors (Lipinski definition) is 3. The molecule has 1 aromatic carbocycles. The maximum Gasteiger partial charge on any atom is 0.339 e. The molecule has 0 aliphatic carbocycles. The average Bonchev–Trinajstić information content (AvgIpc) is 2.99. The molecule has 0 N–H and O–H groups in total. The van der Waals surface area contributed by atoms with Crippen LogP contribution in [0.1, 0.15) is 183 Å². The second-order valence-corrected chi connectivity index (χ2v) is 17.1. The van der Waals surface area contributed by atoms with E-state index in [1.807, 2.05) is 0 Å². The van der Waals surface area contributed by atoms with E-state index < -0.39 is 0 Å². The lowest BCUT2D eigenvalue weighted by Crippen LogP contribution is -2.22. The van der Waals surface area contributed by atoms with Gasteiger partial charge in [0.15, 0.2) is 0 Å². The number of ether oxygens (including phenoxy) is 1. The minimum Gasteiger partial charge on any atom is -0.459 e. The monoisotopic (exact) mass is 680 g/mol. The molecule has 3 nitrogen and oxygen atoms in total. The number of esters is 1. The fraction of sp³-hybridized carbons (Fsp3) is 0.696. The lowest BCUT2D eigenvalue weighted by molar-refractivity contribution is 0.0200. The van der Waals surface area contributed by atoms with E-state index in [9.17, 15) is 4.79 Å². The van der Waals surface area contributed by atoms with Crippen LogP contribution in [-0.2, 0) is 4.74 Å². The Morgan fingerprint density at radius 1 is 0.592 bits per heavy atom. The van der Waals surface area contributed by atoms with Crippen molar-refractivity contribution in [1.82, 2.24) is 4.98 Å². The largest absolute Gasteiger partial charge is 0.459 e. The molecule has 0 amide bonds. The number of carbonyl (C=O) groups is 1. The highest BCUT2D eigenvalue weighted by molar-refractivity contribution is 5.89. The summed E-state index contributed by atoms with van der Waals surface area (Å²) in [7, 11) is 0. The molecule has 0 aliphatic rings. The van der Waals surface area contributed by atoms with Crippen molar-refractivity contribution >= 4 is 5.97 Å². The number of pyridine rings is 1. The maximum absolute atomic E-state index is 12.0. The Kier molecular flexibility index (Phi) is 28.1. The molecular formula is C46H81NO2. The van der Waals surface area contributed by atoms with Crippen LogP contribution in [0, 0.1) is 41.4 Å². The first-order valence-corrected chi connectivity index (χ1v) is 19.6. The van der Waals surface area contributed by atoms with E-state index in [4.69, 9.17) is 4.74 Å². The third-order valence-corrected chi connectivity index (χ3v) is 8.27. The van der Waals surface area contributed by atoms with Gasteiger partial charge in [-0.05, 0) is 109 Å². The van der Waals surface area contributed by atoms with E-state index in [-0.39, 0.29) is 12.1 Å². The Hall–Kier alpha value is -2.42. The van der Waals surface area contributed by atoms with E-state index >= 15 is 0 Å². The number of carbonyl (C=O) groups excluding carboxylic acids is 1. The van der Waals surface area contributed by atoms with Gasteiger partial charge in [-0.1, -0.05) is 154 Å². The minimum atomic E-state index is -0.269. The highest BCUT2D eigenvalue weighted by Crippen LogP contribution is 2.20. The molecule has 0 spiro atoms. The molecular weight excluding hydrogens is 599 g/mol. The van der Waals surface area contributed by atoms with Gasteiger partial charge in [0.05, 0.1) is 5.56 Å². The lowest BCUT2D eigenvalue weighted by Gasteiger charge is -2.21. The first-order chi connectivity index (χ1) is 22.8. The highest BCUT2D eigenvalue weighted by Gasteiger charge is 2.18. The molecule has 2 aromatic rings. The Labute approximate surface area is 306 Å². The predicted octanol–water partition coefficient (Wildman–Crippen LogP) is 14.6. The molecule has 0 aliphatic heterocycles. The summed E-state index contributed by atoms with van der Waals surface area (Å²) in [4.78, 5) is 15.9. The quantitative estimate of drug-likeness (QED) is 0.139. The van der Waals surface area contributed by atoms with Crippen molar-refractivity contribution in [3.8, 4) is 0 Å². The highest BCUT2D eigenvalue weighted by atomic mass is 16.5. The van der Waals surface area contributed by atoms with E-state index in [0.717, 1.165) is 42.4 Å². The third-order valence-electron chi connectivity index (χ3n) is 8.27. The molecule has 2 rings (SSSR count). The van der Waals surface area contributed by atoms with Crippen LogP contribution in [0.5, 0.6) is 0 Å². The summed E-state index contributed by atoms with van der Waals surface area (Å²) in [6.45, 7) is 38.0. The Bertz CT molecular complexity index is 1010. The summed E-state index contributed by atoms with van der Waals surface area (Å²) < 4.78 is 5.58. The number of hydrogen-bond donors (Lipinski definition) is 0. The van der Waals surface area contributed by atoms with Crippen LogP contribution in [0.15, 0.2) is 60.9 Å². The molecule has 0 fully saturated rings. The molecule has 1 unspecified atom stereocenters. The molecule has 0 bridgehead atoms. The molecule has 0 saturated heterocycles. The van der Waals surface area contributed by atoms with Gasteiger partial charge >= 0.3 is 5.97 Å². The lowest BCUT2D eigenvalue weighted by atomic mass is 9.90. The maximum atomic E-state index is 12.0. The Morgan fingerprint density at radius 3 is 1.27 bits per heavy atom. The van der Waals surface area contributed by atoms with E-state index in [0.29, 0.717) is 29.2 Å². The first-order valence-electron chi connectivity index (χ1n) is 19.6. The van der Waals surface area contributed by atoms with Gasteiger partial charge in [-0.2, -0.15) is 0 Å². The second-order valence-electron chi connectivity index (χ2n) is 17.1. The molecule has 0 saturated carbocycles. The van der Waals surface area contributed by atoms with Crippen LogP contribution in [0.3, 0.4) is 0 Å². The van der Waals surface area contributed by atoms with Gasteiger partial charge in [0, 0.05) is 12.4 Å². The molecule has 0 radical (unpaired) electrons. The van der Waals surface area contributed by atoms with Crippen LogP contribution < -0.4 is 0 Å². The van der Waals surface area contributed by atoms with Gasteiger partial charge in [-0.25, -0.2) is 4.79 Å². The minimum absolute atomic E-state index is 0.00212. The van der Waals surface area contributed by atoms with Crippen molar-refractivity contribution in [3.63, 3.8) is 0 Å². The van der Waals surface area contributed by atoms with E-state index in [1.165, 1.54) is 30.4 Å². The van der Waals surface area contributed by atoms with Gasteiger partial charge in [0.1, 0.15) is 6.10 Å². The molecule has 1 aromatic heterocycles. The number of nitrogens with zero attached hydrogens (tertiary/aromatic N) is 1. The number of allylic oxidation sites excluding steroid dienone is 2. The van der Waals surface area contributed by atoms with Crippen molar-refractivity contribution in [2.45, 2.75) is 168 Å². The van der Waals surface area contributed by atoms with Crippen LogP contribution in [0.25, 0.3) is 0 Å². The van der Waals surface area contributed by atoms with Gasteiger partial charge in [0.2, 0.25) is 0 Å². The van der Waals surface area contributed by atoms with Crippen LogP contribution in [0.2, 0.25) is 0 Å². The summed E-state index contributed by atoms with van der Waals surface area (Å²) in [5, 5.41) is 0. The zero-order valence-electron chi connectivity index (χ0n) is 35.3. The summed E-state index contributed by atoms with van der Waals surface area (Å²) in [5.74, 6) is 6.30. The number of rotatable bonds is 15. The van der Waals surface area contributed by atoms with Crippen molar-refractivity contribution in [1.29, 1.82) is 0 Å². The number of aromatic nitrogens is 1. The summed E-state index contributed by atoms with van der Waals surface area (Å²) in [5.41, 5.74) is 3.38. The standard InChI is InChI=1S/C15H23NO2.C12H18.C10H20.C9H20/c1-11(2)8-14(9-12(3)4)18-15(17)13-6-5-7-16-10-13;1-9(2)11-5-7-12(8-6-11)10(3)4;1-9(2)7-5-6-8-10(3)4;1-7(2)6-9(5)8(3)4/h5-7,10-12,14H,8-9H2,1-4H3;5-10H,1-4H3;5-6,9-10H,7-8H2,1-4H3;7-9H,6H2,1-5H3/b;;6-5+;. The molecule has 1 heterocycles. The average molecular weight is 680 g/mol. The van der Waals surface area contributed by atoms with Crippen molar-refractivity contribution in [3.05, 3.63) is 77.6 Å². The SMILES string of the molecule is CC(C)C/C=C/CC(C)C.CC(C)CC(C)C(C)C.CC(C)CC(CC(C)C)OC(=O)c1cccnc1.CC(C)c1ccc(C(C)C)cc1. The summed E-state index contributed by atoms with van der Waals surface area (Å²) in [6, 6.07) is 12.4. The Balaban J connectivity index is 0. The molecule has 282 valence electrons. The summed E-state index contributed by atoms with van der Waals surface area (Å²) >= 11 is 0. The molecule has 1 atom stereocenters. The second kappa shape index (κ2) is 28.3. The van der Waals surface area contributed by atoms with Gasteiger partial charge in [-0.3, -0.25) is 4.98 Å². The van der Waals surface area contributed by atoms with Crippen LogP contribution >= 0.6 is 0 Å². The molecule has 49 heavy (non-hydrogen) atoms. The first kappa shape index (κ1) is 48.7.